The first-order chi connectivity index (χ1) is 17.6. The van der Waals surface area contributed by atoms with Crippen molar-refractivity contribution in [2.24, 2.45) is 0 Å². The fourth-order valence-corrected chi connectivity index (χ4v) is 4.14. The summed E-state index contributed by atoms with van der Waals surface area (Å²) < 4.78 is 15.2. The lowest BCUT2D eigenvalue weighted by atomic mass is 10.0. The smallest absolute Gasteiger partial charge is 0.255 e. The minimum absolute atomic E-state index is 0.182. The van der Waals surface area contributed by atoms with E-state index in [0.717, 1.165) is 15.9 Å². The quantitative estimate of drug-likeness (QED) is 0.221. The van der Waals surface area contributed by atoms with Crippen LogP contribution in [0.5, 0.6) is 0 Å². The van der Waals surface area contributed by atoms with Gasteiger partial charge in [-0.1, -0.05) is 0 Å². The number of anilines is 4. The number of nitrogens with zero attached hydrogens (tertiary/aromatic N) is 2. The molecule has 192 valence electrons. The number of hydrogen-bond acceptors (Lipinski definition) is 8. The summed E-state index contributed by atoms with van der Waals surface area (Å²) in [6.45, 7) is 2.31. The average molecular weight is 523 g/mol. The minimum Gasteiger partial charge on any atom is -0.387 e. The van der Waals surface area contributed by atoms with Gasteiger partial charge >= 0.3 is 0 Å². The molecule has 2 aromatic heterocycles. The molecule has 37 heavy (non-hydrogen) atoms. The van der Waals surface area contributed by atoms with Crippen LogP contribution in [0.3, 0.4) is 0 Å². The molecule has 11 heteroatoms. The first-order valence-corrected chi connectivity index (χ1v) is 12.4. The van der Waals surface area contributed by atoms with Crippen molar-refractivity contribution in [2.75, 3.05) is 24.2 Å². The van der Waals surface area contributed by atoms with Gasteiger partial charge in [0, 0.05) is 36.2 Å². The van der Waals surface area contributed by atoms with Gasteiger partial charge in [0.05, 0.1) is 39.1 Å². The van der Waals surface area contributed by atoms with Crippen LogP contribution < -0.4 is 21.3 Å². The van der Waals surface area contributed by atoms with Crippen LogP contribution in [0.1, 0.15) is 34.6 Å². The van der Waals surface area contributed by atoms with Crippen molar-refractivity contribution in [3.05, 3.63) is 71.4 Å². The van der Waals surface area contributed by atoms with Crippen LogP contribution in [0.25, 0.3) is 10.2 Å². The van der Waals surface area contributed by atoms with E-state index in [1.165, 1.54) is 31.4 Å². The van der Waals surface area contributed by atoms with Crippen molar-refractivity contribution in [1.82, 2.24) is 20.6 Å². The molecular weight excluding hydrogens is 495 g/mol. The number of fused-ring (bicyclic) bond motifs is 1. The molecule has 0 aliphatic rings. The molecule has 1 atom stereocenters. The number of aliphatic hydroxyl groups is 1. The molecular formula is C26H27FN6O3S. The normalized spacial score (nSPS) is 12.1. The minimum atomic E-state index is -1.65. The van der Waals surface area contributed by atoms with Gasteiger partial charge in [0.1, 0.15) is 12.0 Å². The van der Waals surface area contributed by atoms with Gasteiger partial charge in [-0.15, -0.1) is 11.3 Å². The van der Waals surface area contributed by atoms with Crippen LogP contribution in [-0.4, -0.2) is 52.3 Å². The molecule has 0 aliphatic heterocycles. The van der Waals surface area contributed by atoms with Crippen molar-refractivity contribution in [1.29, 1.82) is 0 Å². The summed E-state index contributed by atoms with van der Waals surface area (Å²) in [5, 5.41) is 21.3. The van der Waals surface area contributed by atoms with Gasteiger partial charge in [-0.25, -0.2) is 14.4 Å². The van der Waals surface area contributed by atoms with Crippen molar-refractivity contribution in [2.45, 2.75) is 25.6 Å². The highest BCUT2D eigenvalue weighted by Crippen LogP contribution is 2.28. The number of carbonyl (C=O) groups is 2. The van der Waals surface area contributed by atoms with Crippen LogP contribution in [0, 0.1) is 0 Å². The van der Waals surface area contributed by atoms with Gasteiger partial charge in [0.25, 0.3) is 11.8 Å². The molecule has 0 saturated carbocycles. The van der Waals surface area contributed by atoms with E-state index in [-0.39, 0.29) is 18.0 Å². The Morgan fingerprint density at radius 2 is 1.76 bits per heavy atom. The largest absolute Gasteiger partial charge is 0.387 e. The second-order valence-corrected chi connectivity index (χ2v) is 9.77. The topological polar surface area (TPSA) is 128 Å². The number of benzene rings is 2. The average Bonchev–Trinajstić information content (AvgIpc) is 3.34. The molecule has 0 spiro atoms. The summed E-state index contributed by atoms with van der Waals surface area (Å²) in [7, 11) is 1.55. The monoisotopic (exact) mass is 522 g/mol. The molecule has 0 fully saturated rings. The Labute approximate surface area is 217 Å². The number of thiazole rings is 1. The number of rotatable bonds is 9. The number of nitrogens with one attached hydrogen (secondary N) is 4. The molecule has 2 aromatic carbocycles. The Balaban J connectivity index is 1.60. The van der Waals surface area contributed by atoms with Gasteiger partial charge < -0.3 is 26.4 Å². The predicted molar refractivity (Wildman–Crippen MR) is 144 cm³/mol. The van der Waals surface area contributed by atoms with Crippen molar-refractivity contribution < 1.29 is 19.1 Å². The highest BCUT2D eigenvalue weighted by atomic mass is 32.1. The van der Waals surface area contributed by atoms with Gasteiger partial charge in [-0.05, 0) is 56.3 Å². The predicted octanol–water partition coefficient (Wildman–Crippen LogP) is 4.38. The summed E-state index contributed by atoms with van der Waals surface area (Å²) >= 11 is 1.52. The van der Waals surface area contributed by atoms with Crippen molar-refractivity contribution >= 4 is 56.2 Å². The van der Waals surface area contributed by atoms with Crippen LogP contribution in [0.15, 0.2) is 60.2 Å². The Morgan fingerprint density at radius 3 is 2.46 bits per heavy atom. The van der Waals surface area contributed by atoms with Crippen LogP contribution >= 0.6 is 11.3 Å². The van der Waals surface area contributed by atoms with E-state index in [1.807, 2.05) is 18.2 Å². The zero-order valence-corrected chi connectivity index (χ0v) is 21.3. The Hall–Kier alpha value is -4.09. The van der Waals surface area contributed by atoms with E-state index in [4.69, 9.17) is 0 Å². The summed E-state index contributed by atoms with van der Waals surface area (Å²) in [6, 6.07) is 14.1. The first kappa shape index (κ1) is 26.0. The number of hydrogen-bond donors (Lipinski definition) is 5. The highest BCUT2D eigenvalue weighted by Gasteiger charge is 2.27. The molecule has 2 heterocycles. The number of carbonyl (C=O) groups excluding carboxylic acids is 2. The Morgan fingerprint density at radius 1 is 1.03 bits per heavy atom. The van der Waals surface area contributed by atoms with E-state index < -0.39 is 17.7 Å². The number of pyridine rings is 1. The van der Waals surface area contributed by atoms with Crippen molar-refractivity contribution in [3.8, 4) is 0 Å². The molecule has 9 nitrogen and oxygen atoms in total. The maximum Gasteiger partial charge on any atom is 0.255 e. The van der Waals surface area contributed by atoms with E-state index in [9.17, 15) is 19.1 Å². The fraction of sp³-hybridized carbons (Fsp3) is 0.231. The SMILES string of the molecule is CNC(=O)c1ccc(Nc2cc(Nc3ccc4ncsc4c3)ncc2C(=O)NCC(F)C(C)(C)O)cc1. The third-order valence-electron chi connectivity index (χ3n) is 5.61. The second-order valence-electron chi connectivity index (χ2n) is 8.89. The number of aromatic nitrogens is 2. The summed E-state index contributed by atoms with van der Waals surface area (Å²) in [6.07, 6.45) is -0.262. The molecule has 0 saturated heterocycles. The standard InChI is InChI=1S/C26H27FN6O3S/c1-26(2,36)22(27)13-30-25(35)18-12-29-23(33-17-8-9-19-21(10-17)37-14-31-19)11-20(18)32-16-6-4-15(5-7-16)24(34)28-3/h4-12,14,22,36H,13H2,1-3H3,(H,28,34)(H,30,35)(H2,29,32,33). The molecule has 4 rings (SSSR count). The lowest BCUT2D eigenvalue weighted by Crippen LogP contribution is -2.42. The molecule has 1 unspecified atom stereocenters. The van der Waals surface area contributed by atoms with Gasteiger partial charge in [-0.2, -0.15) is 0 Å². The fourth-order valence-electron chi connectivity index (χ4n) is 3.42. The van der Waals surface area contributed by atoms with Gasteiger partial charge in [-0.3, -0.25) is 9.59 Å². The van der Waals surface area contributed by atoms with Gasteiger partial charge in [0.2, 0.25) is 0 Å². The zero-order valence-electron chi connectivity index (χ0n) is 20.5. The Kier molecular flexibility index (Phi) is 7.65. The molecule has 0 radical (unpaired) electrons. The van der Waals surface area contributed by atoms with Crippen LogP contribution in [0.4, 0.5) is 27.3 Å². The van der Waals surface area contributed by atoms with Crippen LogP contribution in [0.2, 0.25) is 0 Å². The lowest BCUT2D eigenvalue weighted by molar-refractivity contribution is -0.00177. The third kappa shape index (κ3) is 6.38. The van der Waals surface area contributed by atoms with Crippen molar-refractivity contribution in [3.63, 3.8) is 0 Å². The molecule has 0 bridgehead atoms. The molecule has 0 aliphatic carbocycles. The maximum atomic E-state index is 14.2. The molecule has 4 aromatic rings. The number of alkyl halides is 1. The first-order valence-electron chi connectivity index (χ1n) is 11.5. The molecule has 5 N–H and O–H groups in total. The number of halogens is 1. The summed E-state index contributed by atoms with van der Waals surface area (Å²) in [5.74, 6) is -0.293. The summed E-state index contributed by atoms with van der Waals surface area (Å²) in [4.78, 5) is 33.4. The maximum absolute atomic E-state index is 14.2. The zero-order chi connectivity index (χ0) is 26.6. The summed E-state index contributed by atoms with van der Waals surface area (Å²) in [5.41, 5.74) is 3.60. The highest BCUT2D eigenvalue weighted by molar-refractivity contribution is 7.16. The van der Waals surface area contributed by atoms with E-state index >= 15 is 0 Å². The lowest BCUT2D eigenvalue weighted by Gasteiger charge is -2.22. The second kappa shape index (κ2) is 10.9. The van der Waals surface area contributed by atoms with E-state index in [2.05, 4.69) is 31.2 Å². The number of amides is 2. The van der Waals surface area contributed by atoms with E-state index in [0.29, 0.717) is 22.8 Å². The van der Waals surface area contributed by atoms with Crippen LogP contribution in [-0.2, 0) is 0 Å². The third-order valence-corrected chi connectivity index (χ3v) is 6.41. The molecule has 2 amide bonds. The Bertz CT molecular complexity index is 1420. The van der Waals surface area contributed by atoms with Gasteiger partial charge in [0.15, 0.2) is 0 Å². The van der Waals surface area contributed by atoms with E-state index in [1.54, 1.807) is 42.9 Å².